The summed E-state index contributed by atoms with van der Waals surface area (Å²) in [7, 11) is 1.57. The second-order valence-electron chi connectivity index (χ2n) is 4.69. The van der Waals surface area contributed by atoms with Gasteiger partial charge in [0, 0.05) is 12.6 Å². The van der Waals surface area contributed by atoms with Crippen molar-refractivity contribution in [3.63, 3.8) is 0 Å². The third-order valence-corrected chi connectivity index (χ3v) is 2.89. The average molecular weight is 293 g/mol. The van der Waals surface area contributed by atoms with Crippen molar-refractivity contribution in [2.24, 2.45) is 0 Å². The molecule has 0 aliphatic rings. The third kappa shape index (κ3) is 5.85. The number of benzene rings is 1. The van der Waals surface area contributed by atoms with E-state index in [0.717, 1.165) is 18.6 Å². The lowest BCUT2D eigenvalue weighted by molar-refractivity contribution is -0.143. The molecule has 0 saturated heterocycles. The van der Waals surface area contributed by atoms with Crippen LogP contribution >= 0.6 is 0 Å². The van der Waals surface area contributed by atoms with Crippen LogP contribution in [0.2, 0.25) is 0 Å². The first kappa shape index (κ1) is 17.0. The molecule has 1 aromatic carbocycles. The molecule has 116 valence electrons. The Balaban J connectivity index is 2.55. The van der Waals surface area contributed by atoms with E-state index < -0.39 is 5.97 Å². The number of ether oxygens (including phenoxy) is 2. The Morgan fingerprint density at radius 2 is 1.81 bits per heavy atom. The number of rotatable bonds is 8. The highest BCUT2D eigenvalue weighted by molar-refractivity contribution is 5.95. The van der Waals surface area contributed by atoms with E-state index >= 15 is 0 Å². The van der Waals surface area contributed by atoms with Crippen molar-refractivity contribution in [2.45, 2.75) is 26.7 Å². The van der Waals surface area contributed by atoms with Crippen LogP contribution < -0.4 is 4.74 Å². The summed E-state index contributed by atoms with van der Waals surface area (Å²) in [6.07, 6.45) is 2.08. The van der Waals surface area contributed by atoms with Crippen LogP contribution in [-0.2, 0) is 9.53 Å². The second-order valence-corrected chi connectivity index (χ2v) is 4.69. The minimum Gasteiger partial charge on any atom is -0.494 e. The lowest BCUT2D eigenvalue weighted by Gasteiger charge is -2.16. The first-order valence-electron chi connectivity index (χ1n) is 7.22. The van der Waals surface area contributed by atoms with Crippen molar-refractivity contribution in [3.05, 3.63) is 29.8 Å². The van der Waals surface area contributed by atoms with Crippen molar-refractivity contribution in [2.75, 3.05) is 26.8 Å². The van der Waals surface area contributed by atoms with Crippen LogP contribution in [0.25, 0.3) is 0 Å². The quantitative estimate of drug-likeness (QED) is 0.546. The van der Waals surface area contributed by atoms with Gasteiger partial charge in [0.2, 0.25) is 0 Å². The van der Waals surface area contributed by atoms with Crippen LogP contribution in [0.1, 0.15) is 37.0 Å². The Morgan fingerprint density at radius 3 is 2.38 bits per heavy atom. The van der Waals surface area contributed by atoms with Crippen molar-refractivity contribution in [1.29, 1.82) is 0 Å². The summed E-state index contributed by atoms with van der Waals surface area (Å²) in [5.74, 6) is 0.115. The number of carbonyl (C=O) groups excluding carboxylic acids is 2. The SMILES string of the molecule is CCCCOc1ccc(C(=O)N(C)CC(=O)OCC)cc1. The molecule has 0 aliphatic carbocycles. The zero-order valence-electron chi connectivity index (χ0n) is 12.9. The molecule has 0 radical (unpaired) electrons. The maximum atomic E-state index is 12.1. The van der Waals surface area contributed by atoms with E-state index in [1.165, 1.54) is 4.90 Å². The van der Waals surface area contributed by atoms with E-state index in [-0.39, 0.29) is 12.5 Å². The van der Waals surface area contributed by atoms with Crippen LogP contribution in [0.15, 0.2) is 24.3 Å². The molecule has 0 spiro atoms. The zero-order chi connectivity index (χ0) is 15.7. The predicted octanol–water partition coefficient (Wildman–Crippen LogP) is 2.50. The van der Waals surface area contributed by atoms with Gasteiger partial charge in [-0.2, -0.15) is 0 Å². The van der Waals surface area contributed by atoms with Crippen molar-refractivity contribution < 1.29 is 19.1 Å². The fourth-order valence-corrected chi connectivity index (χ4v) is 1.72. The molecule has 21 heavy (non-hydrogen) atoms. The van der Waals surface area contributed by atoms with Crippen LogP contribution in [0.5, 0.6) is 5.75 Å². The minimum atomic E-state index is -0.409. The zero-order valence-corrected chi connectivity index (χ0v) is 12.9. The monoisotopic (exact) mass is 293 g/mol. The maximum Gasteiger partial charge on any atom is 0.325 e. The van der Waals surface area contributed by atoms with Crippen molar-refractivity contribution in [3.8, 4) is 5.75 Å². The number of nitrogens with zero attached hydrogens (tertiary/aromatic N) is 1. The standard InChI is InChI=1S/C16H23NO4/c1-4-6-11-21-14-9-7-13(8-10-14)16(19)17(3)12-15(18)20-5-2/h7-10H,4-6,11-12H2,1-3H3. The van der Waals surface area contributed by atoms with Crippen molar-refractivity contribution in [1.82, 2.24) is 4.90 Å². The van der Waals surface area contributed by atoms with Crippen LogP contribution in [-0.4, -0.2) is 43.6 Å². The molecule has 0 aliphatic heterocycles. The highest BCUT2D eigenvalue weighted by Gasteiger charge is 2.15. The first-order chi connectivity index (χ1) is 10.1. The highest BCUT2D eigenvalue weighted by atomic mass is 16.5. The van der Waals surface area contributed by atoms with Crippen LogP contribution in [0.3, 0.4) is 0 Å². The van der Waals surface area contributed by atoms with E-state index in [9.17, 15) is 9.59 Å². The third-order valence-electron chi connectivity index (χ3n) is 2.89. The van der Waals surface area contributed by atoms with E-state index in [1.807, 2.05) is 0 Å². The van der Waals surface area contributed by atoms with Crippen molar-refractivity contribution >= 4 is 11.9 Å². The molecule has 0 fully saturated rings. The summed E-state index contributed by atoms with van der Waals surface area (Å²) in [5.41, 5.74) is 0.518. The molecular weight excluding hydrogens is 270 g/mol. The number of hydrogen-bond donors (Lipinski definition) is 0. The largest absolute Gasteiger partial charge is 0.494 e. The number of esters is 1. The van der Waals surface area contributed by atoms with Gasteiger partial charge in [0.05, 0.1) is 13.2 Å². The normalized spacial score (nSPS) is 10.0. The van der Waals surface area contributed by atoms with Crippen LogP contribution in [0.4, 0.5) is 0 Å². The molecule has 0 unspecified atom stereocenters. The van der Waals surface area contributed by atoms with Gasteiger partial charge in [-0.25, -0.2) is 0 Å². The fraction of sp³-hybridized carbons (Fsp3) is 0.500. The van der Waals surface area contributed by atoms with Gasteiger partial charge < -0.3 is 14.4 Å². The van der Waals surface area contributed by atoms with Gasteiger partial charge in [-0.1, -0.05) is 13.3 Å². The number of likely N-dealkylation sites (N-methyl/N-ethyl adjacent to an activating group) is 1. The lowest BCUT2D eigenvalue weighted by Crippen LogP contribution is -2.33. The molecule has 0 atom stereocenters. The summed E-state index contributed by atoms with van der Waals surface area (Å²) < 4.78 is 10.4. The lowest BCUT2D eigenvalue weighted by atomic mass is 10.2. The summed E-state index contributed by atoms with van der Waals surface area (Å²) in [6, 6.07) is 6.93. The van der Waals surface area contributed by atoms with Crippen LogP contribution in [0, 0.1) is 0 Å². The summed E-state index contributed by atoms with van der Waals surface area (Å²) >= 11 is 0. The van der Waals surface area contributed by atoms with Gasteiger partial charge in [-0.15, -0.1) is 0 Å². The molecule has 1 aromatic rings. The molecule has 5 heteroatoms. The molecular formula is C16H23NO4. The molecule has 5 nitrogen and oxygen atoms in total. The fourth-order valence-electron chi connectivity index (χ4n) is 1.72. The van der Waals surface area contributed by atoms with Gasteiger partial charge in [0.1, 0.15) is 12.3 Å². The molecule has 0 bridgehead atoms. The van der Waals surface area contributed by atoms with Gasteiger partial charge in [0.15, 0.2) is 0 Å². The molecule has 0 saturated carbocycles. The van der Waals surface area contributed by atoms with E-state index in [4.69, 9.17) is 9.47 Å². The van der Waals surface area contributed by atoms with E-state index in [2.05, 4.69) is 6.92 Å². The Hall–Kier alpha value is -2.04. The average Bonchev–Trinajstić information content (AvgIpc) is 2.47. The van der Waals surface area contributed by atoms with Gasteiger partial charge >= 0.3 is 5.97 Å². The minimum absolute atomic E-state index is 0.0541. The van der Waals surface area contributed by atoms with Gasteiger partial charge in [-0.3, -0.25) is 9.59 Å². The Labute approximate surface area is 125 Å². The molecule has 0 heterocycles. The first-order valence-corrected chi connectivity index (χ1v) is 7.22. The molecule has 1 rings (SSSR count). The summed E-state index contributed by atoms with van der Waals surface area (Å²) in [5, 5.41) is 0. The number of amides is 1. The Kier molecular flexibility index (Phi) is 7.29. The van der Waals surface area contributed by atoms with E-state index in [1.54, 1.807) is 38.2 Å². The molecule has 0 N–H and O–H groups in total. The number of hydrogen-bond acceptors (Lipinski definition) is 4. The van der Waals surface area contributed by atoms with Gasteiger partial charge in [-0.05, 0) is 37.6 Å². The summed E-state index contributed by atoms with van der Waals surface area (Å²) in [4.78, 5) is 24.8. The second kappa shape index (κ2) is 9.00. The summed E-state index contributed by atoms with van der Waals surface area (Å²) in [6.45, 7) is 4.76. The smallest absolute Gasteiger partial charge is 0.325 e. The molecule has 1 amide bonds. The molecule has 0 aromatic heterocycles. The van der Waals surface area contributed by atoms with E-state index in [0.29, 0.717) is 18.8 Å². The topological polar surface area (TPSA) is 55.8 Å². The Bertz CT molecular complexity index is 456. The highest BCUT2D eigenvalue weighted by Crippen LogP contribution is 2.14. The Morgan fingerprint density at radius 1 is 1.14 bits per heavy atom. The maximum absolute atomic E-state index is 12.1. The number of unbranched alkanes of at least 4 members (excludes halogenated alkanes) is 1. The predicted molar refractivity (Wildman–Crippen MR) is 80.4 cm³/mol. The van der Waals surface area contributed by atoms with Gasteiger partial charge in [0.25, 0.3) is 5.91 Å². The number of carbonyl (C=O) groups is 2.